The van der Waals surface area contributed by atoms with Gasteiger partial charge in [-0.15, -0.1) is 0 Å². The minimum Gasteiger partial charge on any atom is -0.483 e. The van der Waals surface area contributed by atoms with Crippen LogP contribution in [0.5, 0.6) is 5.75 Å². The molecule has 0 radical (unpaired) electrons. The van der Waals surface area contributed by atoms with Crippen molar-refractivity contribution in [1.82, 2.24) is 0 Å². The molecule has 1 amide bonds. The minimum atomic E-state index is -4.13. The first kappa shape index (κ1) is 22.5. The van der Waals surface area contributed by atoms with Crippen LogP contribution in [0.15, 0.2) is 80.6 Å². The number of anilines is 1. The zero-order valence-corrected chi connectivity index (χ0v) is 20.3. The zero-order valence-electron chi connectivity index (χ0n) is 16.3. The number of hydrogen-bond donors (Lipinski definition) is 0. The Morgan fingerprint density at radius 1 is 0.967 bits per heavy atom. The highest BCUT2D eigenvalue weighted by molar-refractivity contribution is 9.11. The lowest BCUT2D eigenvalue weighted by molar-refractivity contribution is -0.119. The van der Waals surface area contributed by atoms with Gasteiger partial charge in [0.15, 0.2) is 6.61 Å². The molecule has 0 aliphatic rings. The fourth-order valence-electron chi connectivity index (χ4n) is 2.82. The van der Waals surface area contributed by atoms with E-state index in [4.69, 9.17) is 4.74 Å². The van der Waals surface area contributed by atoms with Gasteiger partial charge in [-0.3, -0.25) is 4.79 Å². The minimum absolute atomic E-state index is 0.0316. The molecule has 5 nitrogen and oxygen atoms in total. The van der Waals surface area contributed by atoms with Crippen molar-refractivity contribution in [2.75, 3.05) is 10.9 Å². The highest BCUT2D eigenvalue weighted by Crippen LogP contribution is 2.30. The summed E-state index contributed by atoms with van der Waals surface area (Å²) in [4.78, 5) is 13.2. The summed E-state index contributed by atoms with van der Waals surface area (Å²) in [6.45, 7) is 3.16. The van der Waals surface area contributed by atoms with Crippen LogP contribution in [0, 0.1) is 13.8 Å². The molecular weight excluding hydrogens is 534 g/mol. The van der Waals surface area contributed by atoms with E-state index in [1.54, 1.807) is 55.5 Å². The van der Waals surface area contributed by atoms with Crippen molar-refractivity contribution >= 4 is 53.5 Å². The lowest BCUT2D eigenvalue weighted by Crippen LogP contribution is -2.40. The van der Waals surface area contributed by atoms with E-state index < -0.39 is 22.5 Å². The largest absolute Gasteiger partial charge is 0.483 e. The Balaban J connectivity index is 2.01. The zero-order chi connectivity index (χ0) is 21.9. The van der Waals surface area contributed by atoms with Crippen LogP contribution in [0.4, 0.5) is 5.69 Å². The second-order valence-corrected chi connectivity index (χ2v) is 10.2. The summed E-state index contributed by atoms with van der Waals surface area (Å²) in [7, 11) is -4.13. The number of hydrogen-bond acceptors (Lipinski definition) is 4. The van der Waals surface area contributed by atoms with Crippen LogP contribution in [-0.2, 0) is 14.8 Å². The van der Waals surface area contributed by atoms with Crippen molar-refractivity contribution in [3.8, 4) is 5.75 Å². The number of sulfonamides is 1. The van der Waals surface area contributed by atoms with E-state index in [0.717, 1.165) is 14.3 Å². The molecule has 0 spiro atoms. The summed E-state index contributed by atoms with van der Waals surface area (Å²) in [6, 6.07) is 18.5. The molecule has 0 bridgehead atoms. The second kappa shape index (κ2) is 9.32. The molecule has 0 fully saturated rings. The van der Waals surface area contributed by atoms with Gasteiger partial charge >= 0.3 is 0 Å². The van der Waals surface area contributed by atoms with Gasteiger partial charge in [0.05, 0.1) is 15.1 Å². The number of nitrogens with zero attached hydrogens (tertiary/aromatic N) is 1. The fourth-order valence-corrected chi connectivity index (χ4v) is 5.47. The molecule has 3 aromatic carbocycles. The molecule has 0 heterocycles. The predicted molar refractivity (Wildman–Crippen MR) is 124 cm³/mol. The highest BCUT2D eigenvalue weighted by atomic mass is 79.9. The maximum Gasteiger partial charge on any atom is 0.278 e. The average molecular weight is 553 g/mol. The molecule has 8 heteroatoms. The van der Waals surface area contributed by atoms with Crippen LogP contribution in [0.25, 0.3) is 0 Å². The van der Waals surface area contributed by atoms with Crippen LogP contribution in [0.2, 0.25) is 0 Å². The molecule has 3 rings (SSSR count). The van der Waals surface area contributed by atoms with E-state index in [1.807, 2.05) is 13.0 Å². The molecule has 30 heavy (non-hydrogen) atoms. The Morgan fingerprint density at radius 3 is 2.33 bits per heavy atom. The van der Waals surface area contributed by atoms with E-state index in [-0.39, 0.29) is 4.90 Å². The SMILES string of the molecule is Cc1ccc(C)c(N(C(=O)COc2ccc(Br)cc2Br)S(=O)(=O)c2ccccc2)c1. The van der Waals surface area contributed by atoms with E-state index >= 15 is 0 Å². The quantitative estimate of drug-likeness (QED) is 0.397. The first-order chi connectivity index (χ1) is 14.2. The van der Waals surface area contributed by atoms with Crippen LogP contribution < -0.4 is 9.04 Å². The van der Waals surface area contributed by atoms with E-state index in [1.165, 1.54) is 12.1 Å². The summed E-state index contributed by atoms with van der Waals surface area (Å²) >= 11 is 6.74. The van der Waals surface area contributed by atoms with E-state index in [2.05, 4.69) is 31.9 Å². The maximum absolute atomic E-state index is 13.4. The van der Waals surface area contributed by atoms with Crippen LogP contribution in [0.3, 0.4) is 0 Å². The van der Waals surface area contributed by atoms with Gasteiger partial charge in [0.25, 0.3) is 15.9 Å². The van der Waals surface area contributed by atoms with Gasteiger partial charge in [-0.1, -0.05) is 46.3 Å². The summed E-state index contributed by atoms with van der Waals surface area (Å²) in [5.41, 5.74) is 1.81. The molecule has 3 aromatic rings. The summed E-state index contributed by atoms with van der Waals surface area (Å²) in [5, 5.41) is 0. The van der Waals surface area contributed by atoms with Crippen molar-refractivity contribution in [2.45, 2.75) is 18.7 Å². The number of rotatable bonds is 6. The first-order valence-electron chi connectivity index (χ1n) is 8.98. The summed E-state index contributed by atoms with van der Waals surface area (Å²) in [5.74, 6) is -0.257. The van der Waals surface area contributed by atoms with Crippen LogP contribution in [-0.4, -0.2) is 20.9 Å². The number of aryl methyl sites for hydroxylation is 2. The third-order valence-corrected chi connectivity index (χ3v) is 7.20. The van der Waals surface area contributed by atoms with Crippen molar-refractivity contribution in [1.29, 1.82) is 0 Å². The average Bonchev–Trinajstić information content (AvgIpc) is 2.70. The second-order valence-electron chi connectivity index (χ2n) is 6.63. The van der Waals surface area contributed by atoms with Gasteiger partial charge < -0.3 is 4.74 Å². The highest BCUT2D eigenvalue weighted by Gasteiger charge is 2.32. The van der Waals surface area contributed by atoms with Crippen molar-refractivity contribution < 1.29 is 17.9 Å². The molecule has 0 aliphatic carbocycles. The monoisotopic (exact) mass is 551 g/mol. The van der Waals surface area contributed by atoms with Gasteiger partial charge in [-0.05, 0) is 77.3 Å². The number of carbonyl (C=O) groups is 1. The van der Waals surface area contributed by atoms with Crippen molar-refractivity contribution in [2.24, 2.45) is 0 Å². The normalized spacial score (nSPS) is 11.2. The Morgan fingerprint density at radius 2 is 1.67 bits per heavy atom. The Hall–Kier alpha value is -2.16. The van der Waals surface area contributed by atoms with Crippen molar-refractivity contribution in [3.63, 3.8) is 0 Å². The first-order valence-corrected chi connectivity index (χ1v) is 12.0. The van der Waals surface area contributed by atoms with E-state index in [0.29, 0.717) is 21.5 Å². The van der Waals surface area contributed by atoms with Gasteiger partial charge in [-0.2, -0.15) is 4.31 Å². The molecule has 0 saturated carbocycles. The molecule has 0 aliphatic heterocycles. The van der Waals surface area contributed by atoms with Gasteiger partial charge in [0.1, 0.15) is 5.75 Å². The topological polar surface area (TPSA) is 63.7 Å². The lowest BCUT2D eigenvalue weighted by Gasteiger charge is -2.25. The number of halogens is 2. The lowest BCUT2D eigenvalue weighted by atomic mass is 10.1. The third-order valence-electron chi connectivity index (χ3n) is 4.34. The number of ether oxygens (including phenoxy) is 1. The Kier molecular flexibility index (Phi) is 7.00. The predicted octanol–water partition coefficient (Wildman–Crippen LogP) is 5.63. The van der Waals surface area contributed by atoms with Gasteiger partial charge in [0, 0.05) is 4.47 Å². The fraction of sp³-hybridized carbons (Fsp3) is 0.136. The smallest absolute Gasteiger partial charge is 0.278 e. The molecule has 0 saturated heterocycles. The Bertz CT molecular complexity index is 1180. The molecule has 0 N–H and O–H groups in total. The molecule has 0 atom stereocenters. The maximum atomic E-state index is 13.4. The molecule has 0 unspecified atom stereocenters. The third kappa shape index (κ3) is 4.94. The standard InChI is InChI=1S/C22H19Br2NO4S/c1-15-8-9-16(2)20(12-15)25(30(27,28)18-6-4-3-5-7-18)22(26)14-29-21-11-10-17(23)13-19(21)24/h3-13H,14H2,1-2H3. The molecule has 156 valence electrons. The van der Waals surface area contributed by atoms with Crippen LogP contribution in [0.1, 0.15) is 11.1 Å². The van der Waals surface area contributed by atoms with E-state index in [9.17, 15) is 13.2 Å². The molecule has 0 aromatic heterocycles. The van der Waals surface area contributed by atoms with Gasteiger partial charge in [0.2, 0.25) is 0 Å². The summed E-state index contributed by atoms with van der Waals surface area (Å²) in [6.07, 6.45) is 0. The van der Waals surface area contributed by atoms with Crippen LogP contribution >= 0.6 is 31.9 Å². The van der Waals surface area contributed by atoms with Crippen molar-refractivity contribution in [3.05, 3.63) is 86.8 Å². The number of carbonyl (C=O) groups excluding carboxylic acids is 1. The number of benzene rings is 3. The van der Waals surface area contributed by atoms with Gasteiger partial charge in [-0.25, -0.2) is 8.42 Å². The summed E-state index contributed by atoms with van der Waals surface area (Å²) < 4.78 is 34.7. The number of amides is 1. The molecular formula is C22H19Br2NO4S. The Labute approximate surface area is 193 Å².